The molecule has 0 amide bonds. The molecule has 0 saturated heterocycles. The van der Waals surface area contributed by atoms with Crippen molar-refractivity contribution in [3.8, 4) is 5.75 Å². The molecule has 0 aliphatic rings. The highest BCUT2D eigenvalue weighted by Gasteiger charge is 2.07. The normalized spacial score (nSPS) is 12.1. The van der Waals surface area contributed by atoms with Crippen LogP contribution in [0.2, 0.25) is 0 Å². The van der Waals surface area contributed by atoms with Gasteiger partial charge in [0.1, 0.15) is 5.75 Å². The molecule has 0 saturated carbocycles. The largest absolute Gasteiger partial charge is 0.493 e. The topological polar surface area (TPSA) is 29.5 Å². The second-order valence-electron chi connectivity index (χ2n) is 5.00. The Morgan fingerprint density at radius 3 is 2.40 bits per heavy atom. The molecule has 0 bridgehead atoms. The van der Waals surface area contributed by atoms with Crippen molar-refractivity contribution in [1.82, 2.24) is 0 Å². The average molecular weight is 270 g/mol. The lowest BCUT2D eigenvalue weighted by atomic mass is 10.1. The number of rotatable bonds is 7. The summed E-state index contributed by atoms with van der Waals surface area (Å²) in [7, 11) is 0. The number of ether oxygens (including phenoxy) is 1. The number of aliphatic hydroxyl groups is 1. The minimum atomic E-state index is -0.490. The number of aliphatic hydroxyl groups excluding tert-OH is 1. The summed E-state index contributed by atoms with van der Waals surface area (Å²) in [6.45, 7) is 2.45. The molecule has 0 spiro atoms. The van der Waals surface area contributed by atoms with Crippen molar-refractivity contribution in [2.75, 3.05) is 6.61 Å². The molecule has 0 radical (unpaired) electrons. The van der Waals surface area contributed by atoms with Gasteiger partial charge >= 0.3 is 0 Å². The third kappa shape index (κ3) is 4.39. The fourth-order valence-corrected chi connectivity index (χ4v) is 2.22. The maximum absolute atomic E-state index is 9.68. The number of hydrogen-bond donors (Lipinski definition) is 1. The fourth-order valence-electron chi connectivity index (χ4n) is 2.22. The van der Waals surface area contributed by atoms with Gasteiger partial charge in [-0.05, 0) is 37.8 Å². The maximum atomic E-state index is 9.68. The van der Waals surface area contributed by atoms with Crippen molar-refractivity contribution in [2.45, 2.75) is 32.3 Å². The van der Waals surface area contributed by atoms with Crippen molar-refractivity contribution in [3.63, 3.8) is 0 Å². The summed E-state index contributed by atoms with van der Waals surface area (Å²) < 4.78 is 5.78. The van der Waals surface area contributed by atoms with E-state index in [1.807, 2.05) is 30.3 Å². The molecule has 0 heterocycles. The molecule has 0 aromatic heterocycles. The number of benzene rings is 2. The molecule has 20 heavy (non-hydrogen) atoms. The molecule has 2 nitrogen and oxygen atoms in total. The monoisotopic (exact) mass is 270 g/mol. The fraction of sp³-hybridized carbons (Fsp3) is 0.333. The lowest BCUT2D eigenvalue weighted by molar-refractivity contribution is 0.191. The van der Waals surface area contributed by atoms with Crippen LogP contribution in [-0.4, -0.2) is 11.7 Å². The molecular formula is C18H22O2. The van der Waals surface area contributed by atoms with Gasteiger partial charge in [-0.3, -0.25) is 0 Å². The van der Waals surface area contributed by atoms with E-state index in [0.717, 1.165) is 30.6 Å². The second-order valence-corrected chi connectivity index (χ2v) is 5.00. The second kappa shape index (κ2) is 7.71. The summed E-state index contributed by atoms with van der Waals surface area (Å²) in [6, 6.07) is 18.2. The Labute approximate surface area is 121 Å². The van der Waals surface area contributed by atoms with E-state index < -0.39 is 6.10 Å². The van der Waals surface area contributed by atoms with Crippen molar-refractivity contribution < 1.29 is 9.84 Å². The quantitative estimate of drug-likeness (QED) is 0.766. The summed E-state index contributed by atoms with van der Waals surface area (Å²) in [5, 5.41) is 9.68. The first-order valence-corrected chi connectivity index (χ1v) is 7.21. The zero-order valence-corrected chi connectivity index (χ0v) is 12.0. The molecule has 106 valence electrons. The number of para-hydroxylation sites is 1. The highest BCUT2D eigenvalue weighted by molar-refractivity contribution is 5.34. The van der Waals surface area contributed by atoms with E-state index in [2.05, 4.69) is 24.3 Å². The van der Waals surface area contributed by atoms with E-state index in [1.165, 1.54) is 5.56 Å². The van der Waals surface area contributed by atoms with Gasteiger partial charge in [0.05, 0.1) is 12.7 Å². The van der Waals surface area contributed by atoms with Crippen LogP contribution in [0.4, 0.5) is 0 Å². The Bertz CT molecular complexity index is 506. The van der Waals surface area contributed by atoms with Crippen molar-refractivity contribution in [3.05, 3.63) is 65.7 Å². The van der Waals surface area contributed by atoms with E-state index in [0.29, 0.717) is 6.61 Å². The number of hydrogen-bond acceptors (Lipinski definition) is 2. The average Bonchev–Trinajstić information content (AvgIpc) is 2.48. The molecule has 0 aliphatic heterocycles. The van der Waals surface area contributed by atoms with E-state index in [4.69, 9.17) is 4.74 Å². The molecule has 2 aromatic rings. The Hall–Kier alpha value is -1.80. The molecule has 0 fully saturated rings. The molecule has 2 rings (SSSR count). The molecule has 2 heteroatoms. The van der Waals surface area contributed by atoms with Gasteiger partial charge in [-0.2, -0.15) is 0 Å². The van der Waals surface area contributed by atoms with Gasteiger partial charge in [-0.15, -0.1) is 0 Å². The summed E-state index contributed by atoms with van der Waals surface area (Å²) in [6.07, 6.45) is 2.72. The van der Waals surface area contributed by atoms with Crippen LogP contribution in [0.15, 0.2) is 54.6 Å². The summed E-state index contributed by atoms with van der Waals surface area (Å²) in [5.41, 5.74) is 2.23. The predicted molar refractivity (Wildman–Crippen MR) is 82.0 cm³/mol. The number of unbranched alkanes of at least 4 members (excludes halogenated alkanes) is 1. The number of aryl methyl sites for hydroxylation is 1. The third-order valence-electron chi connectivity index (χ3n) is 3.33. The van der Waals surface area contributed by atoms with Gasteiger partial charge in [0.2, 0.25) is 0 Å². The van der Waals surface area contributed by atoms with Crippen LogP contribution in [-0.2, 0) is 6.42 Å². The summed E-state index contributed by atoms with van der Waals surface area (Å²) >= 11 is 0. The maximum Gasteiger partial charge on any atom is 0.125 e. The van der Waals surface area contributed by atoms with Crippen LogP contribution in [0.1, 0.15) is 37.0 Å². The first kappa shape index (κ1) is 14.6. The van der Waals surface area contributed by atoms with E-state index >= 15 is 0 Å². The van der Waals surface area contributed by atoms with Crippen molar-refractivity contribution in [1.29, 1.82) is 0 Å². The lowest BCUT2D eigenvalue weighted by Crippen LogP contribution is -2.02. The van der Waals surface area contributed by atoms with Gasteiger partial charge in [0.25, 0.3) is 0 Å². The first-order chi connectivity index (χ1) is 9.77. The van der Waals surface area contributed by atoms with Gasteiger partial charge in [0.15, 0.2) is 0 Å². The van der Waals surface area contributed by atoms with E-state index in [9.17, 15) is 5.11 Å². The Morgan fingerprint density at radius 2 is 1.65 bits per heavy atom. The molecule has 1 N–H and O–H groups in total. The summed E-state index contributed by atoms with van der Waals surface area (Å²) in [5.74, 6) is 0.794. The minimum absolute atomic E-state index is 0.490. The van der Waals surface area contributed by atoms with E-state index in [1.54, 1.807) is 6.92 Å². The SMILES string of the molecule is C[C@@H](O)c1ccccc1OCCCCc1ccccc1. The Balaban J connectivity index is 1.74. The molecule has 1 atom stereocenters. The standard InChI is InChI=1S/C18H22O2/c1-15(19)17-12-5-6-13-18(17)20-14-8-7-11-16-9-3-2-4-10-16/h2-6,9-10,12-13,15,19H,7-8,11,14H2,1H3/t15-/m1/s1. The molecule has 2 aromatic carbocycles. The van der Waals surface area contributed by atoms with Crippen LogP contribution >= 0.6 is 0 Å². The molecule has 0 aliphatic carbocycles. The smallest absolute Gasteiger partial charge is 0.125 e. The predicted octanol–water partition coefficient (Wildman–Crippen LogP) is 4.14. The lowest BCUT2D eigenvalue weighted by Gasteiger charge is -2.13. The highest BCUT2D eigenvalue weighted by Crippen LogP contribution is 2.24. The zero-order valence-electron chi connectivity index (χ0n) is 12.0. The van der Waals surface area contributed by atoms with Crippen LogP contribution in [0.25, 0.3) is 0 Å². The van der Waals surface area contributed by atoms with Crippen LogP contribution in [0.5, 0.6) is 5.75 Å². The minimum Gasteiger partial charge on any atom is -0.493 e. The third-order valence-corrected chi connectivity index (χ3v) is 3.33. The first-order valence-electron chi connectivity index (χ1n) is 7.21. The zero-order chi connectivity index (χ0) is 14.2. The van der Waals surface area contributed by atoms with Crippen LogP contribution in [0.3, 0.4) is 0 Å². The van der Waals surface area contributed by atoms with Gasteiger partial charge in [-0.25, -0.2) is 0 Å². The highest BCUT2D eigenvalue weighted by atomic mass is 16.5. The van der Waals surface area contributed by atoms with Crippen LogP contribution < -0.4 is 4.74 Å². The van der Waals surface area contributed by atoms with Crippen LogP contribution in [0, 0.1) is 0 Å². The Morgan fingerprint density at radius 1 is 0.950 bits per heavy atom. The van der Waals surface area contributed by atoms with Gasteiger partial charge in [0, 0.05) is 5.56 Å². The van der Waals surface area contributed by atoms with E-state index in [-0.39, 0.29) is 0 Å². The van der Waals surface area contributed by atoms with Crippen molar-refractivity contribution >= 4 is 0 Å². The van der Waals surface area contributed by atoms with Crippen molar-refractivity contribution in [2.24, 2.45) is 0 Å². The summed E-state index contributed by atoms with van der Waals surface area (Å²) in [4.78, 5) is 0. The molecular weight excluding hydrogens is 248 g/mol. The molecule has 0 unspecified atom stereocenters. The van der Waals surface area contributed by atoms with Gasteiger partial charge in [-0.1, -0.05) is 48.5 Å². The van der Waals surface area contributed by atoms with Gasteiger partial charge < -0.3 is 9.84 Å². The Kier molecular flexibility index (Phi) is 5.63.